The molecule has 0 spiro atoms. The van der Waals surface area contributed by atoms with E-state index in [2.05, 4.69) is 20.4 Å². The van der Waals surface area contributed by atoms with E-state index in [1.54, 1.807) is 36.7 Å². The van der Waals surface area contributed by atoms with Gasteiger partial charge in [0.1, 0.15) is 5.76 Å². The van der Waals surface area contributed by atoms with Crippen LogP contribution >= 0.6 is 0 Å². The smallest absolute Gasteiger partial charge is 0.277 e. The highest BCUT2D eigenvalue weighted by Crippen LogP contribution is 2.25. The number of hydrogen-bond donors (Lipinski definition) is 1. The molecule has 3 heterocycles. The van der Waals surface area contributed by atoms with Crippen LogP contribution in [0.25, 0.3) is 22.8 Å². The van der Waals surface area contributed by atoms with Gasteiger partial charge >= 0.3 is 0 Å². The molecule has 0 saturated carbocycles. The number of carbonyl (C=O) groups excluding carboxylic acids is 1. The van der Waals surface area contributed by atoms with Crippen molar-refractivity contribution in [2.75, 3.05) is 5.32 Å². The van der Waals surface area contributed by atoms with E-state index in [1.807, 2.05) is 32.0 Å². The number of benzene rings is 1. The molecule has 1 aromatic carbocycles. The second-order valence-corrected chi connectivity index (χ2v) is 6.01. The largest absolute Gasteiger partial charge is 0.441 e. The van der Waals surface area contributed by atoms with Crippen molar-refractivity contribution in [3.8, 4) is 22.8 Å². The Bertz CT molecular complexity index is 1080. The van der Waals surface area contributed by atoms with Gasteiger partial charge in [0.15, 0.2) is 11.5 Å². The van der Waals surface area contributed by atoms with Crippen molar-refractivity contribution in [1.29, 1.82) is 0 Å². The second kappa shape index (κ2) is 6.87. The third kappa shape index (κ3) is 3.48. The van der Waals surface area contributed by atoms with Crippen molar-refractivity contribution in [3.63, 3.8) is 0 Å². The number of anilines is 1. The number of hydrogen-bond acceptors (Lipinski definition) is 6. The number of nitrogens with one attached hydrogen (secondary N) is 1. The van der Waals surface area contributed by atoms with E-state index in [0.717, 1.165) is 22.6 Å². The molecule has 0 unspecified atom stereocenters. The molecule has 27 heavy (non-hydrogen) atoms. The molecule has 0 bridgehead atoms. The van der Waals surface area contributed by atoms with Crippen molar-refractivity contribution in [2.24, 2.45) is 0 Å². The molecule has 7 nitrogen and oxygen atoms in total. The zero-order chi connectivity index (χ0) is 18.8. The predicted molar refractivity (Wildman–Crippen MR) is 99.1 cm³/mol. The molecule has 0 aliphatic rings. The van der Waals surface area contributed by atoms with Gasteiger partial charge in [-0.05, 0) is 44.2 Å². The highest BCUT2D eigenvalue weighted by atomic mass is 16.5. The number of amides is 1. The number of aromatic nitrogens is 3. The maximum atomic E-state index is 12.5. The molecule has 4 rings (SSSR count). The van der Waals surface area contributed by atoms with Gasteiger partial charge in [0.05, 0.1) is 5.69 Å². The van der Waals surface area contributed by atoms with E-state index < -0.39 is 0 Å². The maximum Gasteiger partial charge on any atom is 0.277 e. The lowest BCUT2D eigenvalue weighted by Crippen LogP contribution is -2.12. The summed E-state index contributed by atoms with van der Waals surface area (Å²) in [6, 6.07) is 12.5. The minimum absolute atomic E-state index is 0.182. The number of oxazole rings is 1. The third-order valence-electron chi connectivity index (χ3n) is 4.08. The minimum atomic E-state index is -0.370. The second-order valence-electron chi connectivity index (χ2n) is 6.01. The Hall–Kier alpha value is -3.74. The quantitative estimate of drug-likeness (QED) is 0.584. The van der Waals surface area contributed by atoms with Gasteiger partial charge in [-0.3, -0.25) is 9.78 Å². The molecular weight excluding hydrogens is 344 g/mol. The fraction of sp³-hybridized carbons (Fsp3) is 0.100. The van der Waals surface area contributed by atoms with Gasteiger partial charge in [-0.15, -0.1) is 0 Å². The summed E-state index contributed by atoms with van der Waals surface area (Å²) in [5.74, 6) is 1.39. The summed E-state index contributed by atoms with van der Waals surface area (Å²) >= 11 is 0. The van der Waals surface area contributed by atoms with E-state index in [-0.39, 0.29) is 11.6 Å². The minimum Gasteiger partial charge on any atom is -0.441 e. The zero-order valence-electron chi connectivity index (χ0n) is 14.8. The first-order valence-corrected chi connectivity index (χ1v) is 8.33. The van der Waals surface area contributed by atoms with Crippen LogP contribution in [0.5, 0.6) is 0 Å². The average molecular weight is 360 g/mol. The Morgan fingerprint density at radius 2 is 1.93 bits per heavy atom. The van der Waals surface area contributed by atoms with Crippen molar-refractivity contribution in [3.05, 3.63) is 72.0 Å². The molecular formula is C20H16N4O3. The first kappa shape index (κ1) is 16.7. The van der Waals surface area contributed by atoms with Crippen molar-refractivity contribution >= 4 is 11.6 Å². The topological polar surface area (TPSA) is 94.1 Å². The first-order valence-electron chi connectivity index (χ1n) is 8.33. The summed E-state index contributed by atoms with van der Waals surface area (Å²) in [7, 11) is 0. The summed E-state index contributed by atoms with van der Waals surface area (Å²) in [6.45, 7) is 3.75. The third-order valence-corrected chi connectivity index (χ3v) is 4.08. The van der Waals surface area contributed by atoms with E-state index in [4.69, 9.17) is 8.94 Å². The first-order chi connectivity index (χ1) is 13.1. The number of nitrogens with zero attached hydrogens (tertiary/aromatic N) is 3. The number of pyridine rings is 1. The monoisotopic (exact) mass is 360 g/mol. The van der Waals surface area contributed by atoms with Crippen molar-refractivity contribution in [2.45, 2.75) is 13.8 Å². The predicted octanol–water partition coefficient (Wildman–Crippen LogP) is 4.26. The highest BCUT2D eigenvalue weighted by molar-refractivity contribution is 6.03. The fourth-order valence-electron chi connectivity index (χ4n) is 2.55. The molecule has 0 aliphatic heterocycles. The van der Waals surface area contributed by atoms with Crippen LogP contribution in [0.15, 0.2) is 63.8 Å². The Labute approximate surface area is 155 Å². The van der Waals surface area contributed by atoms with Gasteiger partial charge in [-0.25, -0.2) is 4.98 Å². The number of carbonyl (C=O) groups is 1. The molecule has 0 aliphatic carbocycles. The number of aryl methyl sites for hydroxylation is 2. The van der Waals surface area contributed by atoms with Crippen LogP contribution in [-0.2, 0) is 0 Å². The van der Waals surface area contributed by atoms with Gasteiger partial charge in [-0.1, -0.05) is 11.2 Å². The highest BCUT2D eigenvalue weighted by Gasteiger charge is 2.15. The molecule has 3 aromatic heterocycles. The van der Waals surface area contributed by atoms with Gasteiger partial charge in [-0.2, -0.15) is 0 Å². The summed E-state index contributed by atoms with van der Waals surface area (Å²) in [5, 5.41) is 6.65. The Morgan fingerprint density at radius 1 is 1.07 bits per heavy atom. The summed E-state index contributed by atoms with van der Waals surface area (Å²) < 4.78 is 10.9. The van der Waals surface area contributed by atoms with Crippen LogP contribution in [0.1, 0.15) is 21.9 Å². The summed E-state index contributed by atoms with van der Waals surface area (Å²) in [4.78, 5) is 20.9. The number of rotatable bonds is 4. The van der Waals surface area contributed by atoms with Gasteiger partial charge < -0.3 is 14.3 Å². The van der Waals surface area contributed by atoms with E-state index in [1.165, 1.54) is 0 Å². The lowest BCUT2D eigenvalue weighted by molar-refractivity contribution is 0.101. The molecule has 4 aromatic rings. The fourth-order valence-corrected chi connectivity index (χ4v) is 2.55. The van der Waals surface area contributed by atoms with Gasteiger partial charge in [0.2, 0.25) is 5.89 Å². The molecule has 1 N–H and O–H groups in total. The van der Waals surface area contributed by atoms with E-state index >= 15 is 0 Å². The SMILES string of the molecule is Cc1nc(-c2cccc(NC(=O)c3cc(-c4cccnc4)on3)c2)oc1C. The van der Waals surface area contributed by atoms with Crippen LogP contribution < -0.4 is 5.32 Å². The Morgan fingerprint density at radius 3 is 2.67 bits per heavy atom. The molecule has 134 valence electrons. The molecule has 1 amide bonds. The van der Waals surface area contributed by atoms with Crippen LogP contribution in [0.4, 0.5) is 5.69 Å². The summed E-state index contributed by atoms with van der Waals surface area (Å²) in [5.41, 5.74) is 3.16. The van der Waals surface area contributed by atoms with Crippen LogP contribution in [-0.4, -0.2) is 21.0 Å². The summed E-state index contributed by atoms with van der Waals surface area (Å²) in [6.07, 6.45) is 3.31. The van der Waals surface area contributed by atoms with E-state index in [0.29, 0.717) is 17.3 Å². The lowest BCUT2D eigenvalue weighted by Gasteiger charge is -2.04. The molecule has 0 atom stereocenters. The normalized spacial score (nSPS) is 10.7. The van der Waals surface area contributed by atoms with Gasteiger partial charge in [0.25, 0.3) is 5.91 Å². The van der Waals surface area contributed by atoms with Gasteiger partial charge in [0, 0.05) is 35.3 Å². The maximum absolute atomic E-state index is 12.5. The Balaban J connectivity index is 1.53. The van der Waals surface area contributed by atoms with Crippen molar-refractivity contribution < 1.29 is 13.7 Å². The average Bonchev–Trinajstić information content (AvgIpc) is 3.30. The molecule has 0 radical (unpaired) electrons. The molecule has 7 heteroatoms. The van der Waals surface area contributed by atoms with Crippen molar-refractivity contribution in [1.82, 2.24) is 15.1 Å². The zero-order valence-corrected chi connectivity index (χ0v) is 14.8. The Kier molecular flexibility index (Phi) is 4.25. The lowest BCUT2D eigenvalue weighted by atomic mass is 10.2. The van der Waals surface area contributed by atoms with Crippen LogP contribution in [0.3, 0.4) is 0 Å². The molecule has 0 fully saturated rings. The molecule has 0 saturated heterocycles. The van der Waals surface area contributed by atoms with Crippen LogP contribution in [0, 0.1) is 13.8 Å². The van der Waals surface area contributed by atoms with Crippen LogP contribution in [0.2, 0.25) is 0 Å². The standard InChI is InChI=1S/C20H16N4O3/c1-12-13(2)26-20(22-12)14-5-3-7-16(9-14)23-19(25)17-10-18(27-24-17)15-6-4-8-21-11-15/h3-11H,1-2H3,(H,23,25). The van der Waals surface area contributed by atoms with E-state index in [9.17, 15) is 4.79 Å².